The van der Waals surface area contributed by atoms with Crippen molar-refractivity contribution < 1.29 is 14.7 Å². The van der Waals surface area contributed by atoms with Crippen molar-refractivity contribution in [2.45, 2.75) is 25.4 Å². The first kappa shape index (κ1) is 19.4. The van der Waals surface area contributed by atoms with Crippen molar-refractivity contribution >= 4 is 23.4 Å². The quantitative estimate of drug-likeness (QED) is 0.680. The minimum absolute atomic E-state index is 0.00726. The molecule has 0 bridgehead atoms. The third-order valence-electron chi connectivity index (χ3n) is 5.05. The lowest BCUT2D eigenvalue weighted by Gasteiger charge is -2.21. The van der Waals surface area contributed by atoms with Crippen molar-refractivity contribution in [3.63, 3.8) is 0 Å². The molecule has 1 aliphatic rings. The summed E-state index contributed by atoms with van der Waals surface area (Å²) >= 11 is 0. The topological polar surface area (TPSA) is 105 Å². The maximum Gasteiger partial charge on any atom is 0.412 e. The molecule has 2 aromatic carbocycles. The van der Waals surface area contributed by atoms with Gasteiger partial charge in [0.05, 0.1) is 12.7 Å². The summed E-state index contributed by atoms with van der Waals surface area (Å²) in [5, 5.41) is 12.5. The first-order chi connectivity index (χ1) is 14.5. The Morgan fingerprint density at radius 3 is 2.43 bits per heavy atom. The molecule has 0 spiro atoms. The van der Waals surface area contributed by atoms with E-state index in [4.69, 9.17) is 0 Å². The SMILES string of the molecule is O=C(Nc1ccccc1)[C@@H]1CCc2ncc(N(Cc3ccccc3)C(=O)O)c(=O)n21. The van der Waals surface area contributed by atoms with Crippen LogP contribution in [0.2, 0.25) is 0 Å². The number of carbonyl (C=O) groups is 2. The smallest absolute Gasteiger partial charge is 0.412 e. The molecular weight excluding hydrogens is 384 g/mol. The first-order valence-corrected chi connectivity index (χ1v) is 9.55. The highest BCUT2D eigenvalue weighted by Gasteiger charge is 2.32. The van der Waals surface area contributed by atoms with Crippen LogP contribution in [0.4, 0.5) is 16.2 Å². The van der Waals surface area contributed by atoms with Crippen molar-refractivity contribution in [3.05, 3.63) is 88.6 Å². The van der Waals surface area contributed by atoms with Gasteiger partial charge in [-0.05, 0) is 24.1 Å². The van der Waals surface area contributed by atoms with Crippen LogP contribution in [0.1, 0.15) is 23.9 Å². The molecule has 152 valence electrons. The molecule has 8 heteroatoms. The summed E-state index contributed by atoms with van der Waals surface area (Å²) in [6.45, 7) is 0.00726. The van der Waals surface area contributed by atoms with Crippen LogP contribution < -0.4 is 15.8 Å². The maximum absolute atomic E-state index is 13.2. The normalized spacial score (nSPS) is 14.7. The second kappa shape index (κ2) is 8.20. The number of rotatable bonds is 5. The molecule has 8 nitrogen and oxygen atoms in total. The van der Waals surface area contributed by atoms with E-state index in [0.29, 0.717) is 24.4 Å². The minimum Gasteiger partial charge on any atom is -0.465 e. The Balaban J connectivity index is 1.66. The van der Waals surface area contributed by atoms with Gasteiger partial charge in [-0.15, -0.1) is 0 Å². The summed E-state index contributed by atoms with van der Waals surface area (Å²) in [7, 11) is 0. The molecule has 0 radical (unpaired) electrons. The molecule has 2 amide bonds. The summed E-state index contributed by atoms with van der Waals surface area (Å²) in [6, 6.07) is 17.2. The minimum atomic E-state index is -1.26. The molecule has 0 saturated carbocycles. The van der Waals surface area contributed by atoms with Gasteiger partial charge >= 0.3 is 6.09 Å². The highest BCUT2D eigenvalue weighted by molar-refractivity contribution is 5.94. The maximum atomic E-state index is 13.2. The zero-order valence-electron chi connectivity index (χ0n) is 16.1. The van der Waals surface area contributed by atoms with Gasteiger partial charge < -0.3 is 10.4 Å². The third kappa shape index (κ3) is 3.80. The van der Waals surface area contributed by atoms with Crippen molar-refractivity contribution in [2.24, 2.45) is 0 Å². The standard InChI is InChI=1S/C22H20N4O4/c27-20(24-16-9-5-2-6-10-16)17-11-12-19-23-13-18(21(28)26(17)19)25(22(29)30)14-15-7-3-1-4-8-15/h1-10,13,17H,11-12,14H2,(H,24,27)(H,29,30)/t17-/m0/s1. The van der Waals surface area contributed by atoms with Crippen LogP contribution in [0.3, 0.4) is 0 Å². The number of nitrogens with one attached hydrogen (secondary N) is 1. The van der Waals surface area contributed by atoms with E-state index in [0.717, 1.165) is 10.5 Å². The molecule has 0 saturated heterocycles. The first-order valence-electron chi connectivity index (χ1n) is 9.55. The van der Waals surface area contributed by atoms with Crippen molar-refractivity contribution in [1.82, 2.24) is 9.55 Å². The highest BCUT2D eigenvalue weighted by atomic mass is 16.4. The van der Waals surface area contributed by atoms with E-state index in [1.807, 2.05) is 12.1 Å². The lowest BCUT2D eigenvalue weighted by molar-refractivity contribution is -0.119. The van der Waals surface area contributed by atoms with Crippen LogP contribution in [-0.2, 0) is 17.8 Å². The monoisotopic (exact) mass is 404 g/mol. The van der Waals surface area contributed by atoms with Gasteiger partial charge in [0.25, 0.3) is 5.56 Å². The van der Waals surface area contributed by atoms with Crippen molar-refractivity contribution in [1.29, 1.82) is 0 Å². The van der Waals surface area contributed by atoms with E-state index >= 15 is 0 Å². The predicted octanol–water partition coefficient (Wildman–Crippen LogP) is 3.05. The van der Waals surface area contributed by atoms with E-state index in [1.54, 1.807) is 48.5 Å². The van der Waals surface area contributed by atoms with Gasteiger partial charge in [-0.3, -0.25) is 19.1 Å². The molecule has 1 aromatic heterocycles. The predicted molar refractivity (Wildman–Crippen MR) is 112 cm³/mol. The molecule has 1 atom stereocenters. The van der Waals surface area contributed by atoms with E-state index in [1.165, 1.54) is 10.8 Å². The number of nitrogens with zero attached hydrogens (tertiary/aromatic N) is 3. The van der Waals surface area contributed by atoms with Gasteiger partial charge in [0.15, 0.2) is 0 Å². The Labute approximate surface area is 172 Å². The molecule has 2 N–H and O–H groups in total. The summed E-state index contributed by atoms with van der Waals surface area (Å²) in [5.41, 5.74) is 0.756. The summed E-state index contributed by atoms with van der Waals surface area (Å²) in [4.78, 5) is 43.1. The number of hydrogen-bond acceptors (Lipinski definition) is 4. The average Bonchev–Trinajstić information content (AvgIpc) is 3.19. The lowest BCUT2D eigenvalue weighted by atomic mass is 10.2. The van der Waals surface area contributed by atoms with E-state index in [-0.39, 0.29) is 18.1 Å². The van der Waals surface area contributed by atoms with E-state index in [9.17, 15) is 19.5 Å². The molecule has 30 heavy (non-hydrogen) atoms. The molecule has 0 aliphatic carbocycles. The van der Waals surface area contributed by atoms with E-state index in [2.05, 4.69) is 10.3 Å². The third-order valence-corrected chi connectivity index (χ3v) is 5.05. The van der Waals surface area contributed by atoms with Gasteiger partial charge in [0.1, 0.15) is 17.6 Å². The number of carbonyl (C=O) groups excluding carboxylic acids is 1. The molecule has 1 aliphatic heterocycles. The van der Waals surface area contributed by atoms with Crippen LogP contribution in [0.15, 0.2) is 71.7 Å². The van der Waals surface area contributed by atoms with Gasteiger partial charge in [0, 0.05) is 12.1 Å². The number of benzene rings is 2. The Morgan fingerprint density at radius 2 is 1.77 bits per heavy atom. The van der Waals surface area contributed by atoms with Crippen LogP contribution in [-0.4, -0.2) is 26.7 Å². The Morgan fingerprint density at radius 1 is 1.10 bits per heavy atom. The summed E-state index contributed by atoms with van der Waals surface area (Å²) < 4.78 is 1.31. The van der Waals surface area contributed by atoms with Gasteiger partial charge in [-0.25, -0.2) is 9.78 Å². The average molecular weight is 404 g/mol. The van der Waals surface area contributed by atoms with E-state index < -0.39 is 17.7 Å². The van der Waals surface area contributed by atoms with Crippen molar-refractivity contribution in [3.8, 4) is 0 Å². The number of para-hydroxylation sites is 1. The number of fused-ring (bicyclic) bond motifs is 1. The molecule has 0 unspecified atom stereocenters. The number of hydrogen-bond donors (Lipinski definition) is 2. The molecule has 4 rings (SSSR count). The van der Waals surface area contributed by atoms with Gasteiger partial charge in [-0.2, -0.15) is 0 Å². The second-order valence-electron chi connectivity index (χ2n) is 7.00. The van der Waals surface area contributed by atoms with Gasteiger partial charge in [0.2, 0.25) is 5.91 Å². The fourth-order valence-electron chi connectivity index (χ4n) is 3.60. The lowest BCUT2D eigenvalue weighted by Crippen LogP contribution is -2.38. The molecule has 3 aromatic rings. The second-order valence-corrected chi connectivity index (χ2v) is 7.00. The number of aryl methyl sites for hydroxylation is 1. The molecular formula is C22H20N4O4. The summed E-state index contributed by atoms with van der Waals surface area (Å²) in [6.07, 6.45) is 0.911. The largest absolute Gasteiger partial charge is 0.465 e. The van der Waals surface area contributed by atoms with Crippen LogP contribution in [0.25, 0.3) is 0 Å². The molecule has 0 fully saturated rings. The Hall–Kier alpha value is -3.94. The van der Waals surface area contributed by atoms with Crippen LogP contribution in [0, 0.1) is 0 Å². The Kier molecular flexibility index (Phi) is 5.30. The fraction of sp³-hybridized carbons (Fsp3) is 0.182. The highest BCUT2D eigenvalue weighted by Crippen LogP contribution is 2.25. The fourth-order valence-corrected chi connectivity index (χ4v) is 3.60. The summed E-state index contributed by atoms with van der Waals surface area (Å²) in [5.74, 6) is 0.146. The van der Waals surface area contributed by atoms with Gasteiger partial charge in [-0.1, -0.05) is 48.5 Å². The van der Waals surface area contributed by atoms with Crippen molar-refractivity contribution in [2.75, 3.05) is 10.2 Å². The number of carboxylic acid groups (broad SMARTS) is 1. The number of amides is 2. The zero-order chi connectivity index (χ0) is 21.1. The Bertz CT molecular complexity index is 1130. The molecule has 2 heterocycles. The van der Waals surface area contributed by atoms with Crippen LogP contribution >= 0.6 is 0 Å². The number of aromatic nitrogens is 2. The van der Waals surface area contributed by atoms with Crippen LogP contribution in [0.5, 0.6) is 0 Å². The number of anilines is 2. The zero-order valence-corrected chi connectivity index (χ0v) is 16.1.